The van der Waals surface area contributed by atoms with E-state index < -0.39 is 0 Å². The van der Waals surface area contributed by atoms with Crippen LogP contribution in [0.5, 0.6) is 11.8 Å². The number of aromatic nitrogens is 2. The highest BCUT2D eigenvalue weighted by atomic mass is 16.6. The second-order valence-corrected chi connectivity index (χ2v) is 6.94. The van der Waals surface area contributed by atoms with Crippen molar-refractivity contribution in [2.45, 2.75) is 52.2 Å². The molecule has 1 aliphatic rings. The van der Waals surface area contributed by atoms with Crippen LogP contribution in [-0.4, -0.2) is 22.3 Å². The van der Waals surface area contributed by atoms with Crippen LogP contribution in [0.1, 0.15) is 38.4 Å². The number of rotatable bonds is 5. The van der Waals surface area contributed by atoms with E-state index in [1.807, 2.05) is 23.6 Å². The molecule has 1 atom stereocenters. The molecule has 0 bridgehead atoms. The van der Waals surface area contributed by atoms with Crippen molar-refractivity contribution in [3.63, 3.8) is 0 Å². The summed E-state index contributed by atoms with van der Waals surface area (Å²) in [6, 6.07) is 10.1. The lowest BCUT2D eigenvalue weighted by Gasteiger charge is -2.23. The van der Waals surface area contributed by atoms with Crippen LogP contribution in [-0.2, 0) is 12.0 Å². The zero-order chi connectivity index (χ0) is 17.3. The molecule has 3 rings (SSSR count). The van der Waals surface area contributed by atoms with E-state index in [0.717, 1.165) is 17.9 Å². The molecule has 5 nitrogen and oxygen atoms in total. The smallest absolute Gasteiger partial charge is 0.300 e. The number of hydrogen-bond donors (Lipinski definition) is 0. The quantitative estimate of drug-likeness (QED) is 0.846. The topological polar surface area (TPSA) is 53.4 Å². The Balaban J connectivity index is 1.61. The van der Waals surface area contributed by atoms with Gasteiger partial charge in [-0.2, -0.15) is 4.98 Å². The van der Waals surface area contributed by atoms with Gasteiger partial charge in [-0.25, -0.2) is 0 Å². The fourth-order valence-electron chi connectivity index (χ4n) is 2.78. The summed E-state index contributed by atoms with van der Waals surface area (Å²) in [5.74, 6) is 0.824. The first-order valence-corrected chi connectivity index (χ1v) is 8.37. The van der Waals surface area contributed by atoms with E-state index in [1.54, 1.807) is 0 Å². The van der Waals surface area contributed by atoms with Gasteiger partial charge < -0.3 is 9.47 Å². The van der Waals surface area contributed by atoms with Gasteiger partial charge in [0.2, 0.25) is 0 Å². The van der Waals surface area contributed by atoms with Crippen molar-refractivity contribution in [1.82, 2.24) is 9.55 Å². The Morgan fingerprint density at radius 1 is 1.33 bits per heavy atom. The summed E-state index contributed by atoms with van der Waals surface area (Å²) < 4.78 is 13.5. The molecule has 128 valence electrons. The Morgan fingerprint density at radius 2 is 2.04 bits per heavy atom. The minimum atomic E-state index is -0.269. The third kappa shape index (κ3) is 3.30. The molecule has 1 aliphatic heterocycles. The monoisotopic (exact) mass is 328 g/mol. The SMILES string of the molecule is CCC(C)(C)c1ccc(OCC2Cn3c(C)cc(=O)nc3O2)cc1. The minimum Gasteiger partial charge on any atom is -0.490 e. The largest absolute Gasteiger partial charge is 0.490 e. The summed E-state index contributed by atoms with van der Waals surface area (Å²) in [5, 5.41) is 0. The van der Waals surface area contributed by atoms with E-state index in [2.05, 4.69) is 37.9 Å². The van der Waals surface area contributed by atoms with Crippen molar-refractivity contribution in [2.24, 2.45) is 0 Å². The van der Waals surface area contributed by atoms with E-state index in [-0.39, 0.29) is 17.1 Å². The zero-order valence-electron chi connectivity index (χ0n) is 14.7. The van der Waals surface area contributed by atoms with Crippen LogP contribution in [0.4, 0.5) is 0 Å². The summed E-state index contributed by atoms with van der Waals surface area (Å²) >= 11 is 0. The number of nitrogens with zero attached hydrogens (tertiary/aromatic N) is 2. The molecule has 0 saturated carbocycles. The van der Waals surface area contributed by atoms with Gasteiger partial charge in [-0.15, -0.1) is 0 Å². The fraction of sp³-hybridized carbons (Fsp3) is 0.474. The van der Waals surface area contributed by atoms with E-state index in [1.165, 1.54) is 11.6 Å². The minimum absolute atomic E-state index is 0.134. The number of fused-ring (bicyclic) bond motifs is 1. The molecular weight excluding hydrogens is 304 g/mol. The van der Waals surface area contributed by atoms with Crippen molar-refractivity contribution in [1.29, 1.82) is 0 Å². The molecule has 2 aromatic rings. The van der Waals surface area contributed by atoms with Crippen molar-refractivity contribution < 1.29 is 9.47 Å². The van der Waals surface area contributed by atoms with Crippen LogP contribution in [0, 0.1) is 6.92 Å². The number of aryl methyl sites for hydroxylation is 1. The van der Waals surface area contributed by atoms with E-state index >= 15 is 0 Å². The highest BCUT2D eigenvalue weighted by Gasteiger charge is 2.25. The van der Waals surface area contributed by atoms with Crippen LogP contribution < -0.4 is 15.0 Å². The average Bonchev–Trinajstić information content (AvgIpc) is 2.96. The summed E-state index contributed by atoms with van der Waals surface area (Å²) in [6.45, 7) is 9.63. The summed E-state index contributed by atoms with van der Waals surface area (Å²) in [7, 11) is 0. The Bertz CT molecular complexity index is 778. The Hall–Kier alpha value is -2.30. The lowest BCUT2D eigenvalue weighted by atomic mass is 9.82. The molecule has 0 spiro atoms. The van der Waals surface area contributed by atoms with Crippen molar-refractivity contribution >= 4 is 0 Å². The maximum absolute atomic E-state index is 11.4. The molecule has 0 aliphatic carbocycles. The summed E-state index contributed by atoms with van der Waals surface area (Å²) in [5.41, 5.74) is 2.07. The second kappa shape index (κ2) is 6.30. The fourth-order valence-corrected chi connectivity index (χ4v) is 2.78. The zero-order valence-corrected chi connectivity index (χ0v) is 14.7. The van der Waals surface area contributed by atoms with Gasteiger partial charge in [0.15, 0.2) is 6.10 Å². The molecule has 0 saturated heterocycles. The molecule has 0 N–H and O–H groups in total. The molecule has 1 aromatic carbocycles. The first-order chi connectivity index (χ1) is 11.4. The van der Waals surface area contributed by atoms with Gasteiger partial charge >= 0.3 is 0 Å². The highest BCUT2D eigenvalue weighted by molar-refractivity contribution is 5.31. The average molecular weight is 328 g/mol. The van der Waals surface area contributed by atoms with Gasteiger partial charge in [0.05, 0.1) is 6.54 Å². The van der Waals surface area contributed by atoms with Gasteiger partial charge in [0, 0.05) is 11.8 Å². The summed E-state index contributed by atoms with van der Waals surface area (Å²) in [6.07, 6.45) is 0.955. The molecular formula is C19H24N2O3. The van der Waals surface area contributed by atoms with Crippen LogP contribution in [0.15, 0.2) is 35.1 Å². The third-order valence-corrected chi connectivity index (χ3v) is 4.81. The lowest BCUT2D eigenvalue weighted by molar-refractivity contribution is 0.143. The Labute approximate surface area is 142 Å². The molecule has 1 unspecified atom stereocenters. The van der Waals surface area contributed by atoms with Crippen LogP contribution >= 0.6 is 0 Å². The standard InChI is InChI=1S/C19H24N2O3/c1-5-19(3,4)14-6-8-15(9-7-14)23-12-16-11-21-13(2)10-17(22)20-18(21)24-16/h6-10,16H,5,11-12H2,1-4H3. The molecule has 2 heterocycles. The predicted molar refractivity (Wildman–Crippen MR) is 92.9 cm³/mol. The van der Waals surface area contributed by atoms with Gasteiger partial charge in [-0.3, -0.25) is 9.36 Å². The van der Waals surface area contributed by atoms with Crippen LogP contribution in [0.2, 0.25) is 0 Å². The van der Waals surface area contributed by atoms with Gasteiger partial charge in [0.1, 0.15) is 12.4 Å². The molecule has 0 amide bonds. The lowest BCUT2D eigenvalue weighted by Crippen LogP contribution is -2.23. The Morgan fingerprint density at radius 3 is 2.71 bits per heavy atom. The van der Waals surface area contributed by atoms with Gasteiger partial charge in [-0.1, -0.05) is 32.9 Å². The molecule has 5 heteroatoms. The maximum atomic E-state index is 11.4. The van der Waals surface area contributed by atoms with Crippen molar-refractivity contribution in [2.75, 3.05) is 6.61 Å². The van der Waals surface area contributed by atoms with Crippen molar-refractivity contribution in [3.8, 4) is 11.8 Å². The van der Waals surface area contributed by atoms with E-state index in [0.29, 0.717) is 19.2 Å². The van der Waals surface area contributed by atoms with Crippen molar-refractivity contribution in [3.05, 3.63) is 51.9 Å². The number of ether oxygens (including phenoxy) is 2. The predicted octanol–water partition coefficient (Wildman–Crippen LogP) is 3.08. The maximum Gasteiger partial charge on any atom is 0.300 e. The molecule has 1 aromatic heterocycles. The van der Waals surface area contributed by atoms with E-state index in [4.69, 9.17) is 9.47 Å². The molecule has 0 radical (unpaired) electrons. The Kier molecular flexibility index (Phi) is 4.35. The van der Waals surface area contributed by atoms with Gasteiger partial charge in [-0.05, 0) is 36.5 Å². The first kappa shape index (κ1) is 16.6. The van der Waals surface area contributed by atoms with E-state index in [9.17, 15) is 4.79 Å². The highest BCUT2D eigenvalue weighted by Crippen LogP contribution is 2.28. The normalized spacial score (nSPS) is 16.6. The molecule has 0 fully saturated rings. The third-order valence-electron chi connectivity index (χ3n) is 4.81. The molecule has 24 heavy (non-hydrogen) atoms. The van der Waals surface area contributed by atoms with Crippen LogP contribution in [0.25, 0.3) is 0 Å². The summed E-state index contributed by atoms with van der Waals surface area (Å²) in [4.78, 5) is 15.3. The number of benzene rings is 1. The van der Waals surface area contributed by atoms with Crippen LogP contribution in [0.3, 0.4) is 0 Å². The van der Waals surface area contributed by atoms with Gasteiger partial charge in [0.25, 0.3) is 11.6 Å². The second-order valence-electron chi connectivity index (χ2n) is 6.94. The first-order valence-electron chi connectivity index (χ1n) is 8.37. The number of hydrogen-bond acceptors (Lipinski definition) is 4.